The van der Waals surface area contributed by atoms with Gasteiger partial charge in [-0.25, -0.2) is 0 Å². The van der Waals surface area contributed by atoms with Gasteiger partial charge in [0.15, 0.2) is 0 Å². The molecule has 2 heterocycles. The van der Waals surface area contributed by atoms with E-state index in [0.717, 1.165) is 44.8 Å². The summed E-state index contributed by atoms with van der Waals surface area (Å²) in [5.41, 5.74) is 2.22. The molecule has 3 rings (SSSR count). The standard InChI is InChI=1S/C18H27N3OS/c22-18(6-5-15-7-8-19-13-15)20-17-4-2-1-3-16(17)14-21-9-11-23-12-10-21/h1-4,15,19H,5-14H2,(H,20,22). The first kappa shape index (κ1) is 16.8. The molecule has 4 nitrogen and oxygen atoms in total. The minimum atomic E-state index is 0.151. The zero-order chi connectivity index (χ0) is 15.9. The Labute approximate surface area is 143 Å². The zero-order valence-electron chi connectivity index (χ0n) is 13.7. The Morgan fingerprint density at radius 3 is 2.91 bits per heavy atom. The number of rotatable bonds is 6. The van der Waals surface area contributed by atoms with Crippen LogP contribution < -0.4 is 10.6 Å². The van der Waals surface area contributed by atoms with Crippen molar-refractivity contribution in [3.05, 3.63) is 29.8 Å². The van der Waals surface area contributed by atoms with Crippen molar-refractivity contribution in [2.24, 2.45) is 5.92 Å². The first-order valence-corrected chi connectivity index (χ1v) is 9.85. The first-order valence-electron chi connectivity index (χ1n) is 8.70. The van der Waals surface area contributed by atoms with Crippen LogP contribution in [0, 0.1) is 5.92 Å². The summed E-state index contributed by atoms with van der Waals surface area (Å²) in [6.45, 7) is 5.38. The van der Waals surface area contributed by atoms with Crippen LogP contribution in [0.5, 0.6) is 0 Å². The number of hydrogen-bond acceptors (Lipinski definition) is 4. The molecular weight excluding hydrogens is 306 g/mol. The minimum absolute atomic E-state index is 0.151. The summed E-state index contributed by atoms with van der Waals surface area (Å²) in [7, 11) is 0. The van der Waals surface area contributed by atoms with Crippen molar-refractivity contribution in [2.45, 2.75) is 25.8 Å². The van der Waals surface area contributed by atoms with Crippen LogP contribution in [0.1, 0.15) is 24.8 Å². The highest BCUT2D eigenvalue weighted by atomic mass is 32.2. The van der Waals surface area contributed by atoms with Gasteiger partial charge in [0.25, 0.3) is 0 Å². The number of benzene rings is 1. The van der Waals surface area contributed by atoms with Crippen LogP contribution in [-0.4, -0.2) is 48.5 Å². The highest BCUT2D eigenvalue weighted by Crippen LogP contribution is 2.21. The van der Waals surface area contributed by atoms with Gasteiger partial charge in [-0.3, -0.25) is 9.69 Å². The molecule has 5 heteroatoms. The second-order valence-corrected chi connectivity index (χ2v) is 7.72. The SMILES string of the molecule is O=C(CCC1CCNC1)Nc1ccccc1CN1CCSCC1. The molecule has 2 N–H and O–H groups in total. The van der Waals surface area contributed by atoms with E-state index in [1.54, 1.807) is 0 Å². The van der Waals surface area contributed by atoms with Gasteiger partial charge in [0.1, 0.15) is 0 Å². The van der Waals surface area contributed by atoms with Gasteiger partial charge in [-0.05, 0) is 43.5 Å². The van der Waals surface area contributed by atoms with Crippen molar-refractivity contribution in [1.82, 2.24) is 10.2 Å². The summed E-state index contributed by atoms with van der Waals surface area (Å²) < 4.78 is 0. The predicted molar refractivity (Wildman–Crippen MR) is 97.9 cm³/mol. The molecule has 1 unspecified atom stereocenters. The van der Waals surface area contributed by atoms with Gasteiger partial charge in [0, 0.05) is 43.2 Å². The topological polar surface area (TPSA) is 44.4 Å². The second kappa shape index (κ2) is 8.71. The summed E-state index contributed by atoms with van der Waals surface area (Å²) in [5, 5.41) is 6.49. The molecule has 23 heavy (non-hydrogen) atoms. The van der Waals surface area contributed by atoms with E-state index < -0.39 is 0 Å². The number of thioether (sulfide) groups is 1. The second-order valence-electron chi connectivity index (χ2n) is 6.49. The third-order valence-corrected chi connectivity index (χ3v) is 5.67. The van der Waals surface area contributed by atoms with Gasteiger partial charge in [0.05, 0.1) is 0 Å². The molecule has 0 aliphatic carbocycles. The number of carbonyl (C=O) groups excluding carboxylic acids is 1. The molecule has 0 aromatic heterocycles. The van der Waals surface area contributed by atoms with Crippen molar-refractivity contribution in [3.63, 3.8) is 0 Å². The van der Waals surface area contributed by atoms with E-state index >= 15 is 0 Å². The molecule has 1 aromatic rings. The van der Waals surface area contributed by atoms with Crippen molar-refractivity contribution in [3.8, 4) is 0 Å². The Balaban J connectivity index is 1.52. The number of carbonyl (C=O) groups is 1. The minimum Gasteiger partial charge on any atom is -0.326 e. The number of nitrogens with zero attached hydrogens (tertiary/aromatic N) is 1. The molecule has 2 aliphatic heterocycles. The average Bonchev–Trinajstić information content (AvgIpc) is 3.09. The van der Waals surface area contributed by atoms with Crippen molar-refractivity contribution >= 4 is 23.4 Å². The normalized spacial score (nSPS) is 22.2. The van der Waals surface area contributed by atoms with E-state index in [-0.39, 0.29) is 5.91 Å². The lowest BCUT2D eigenvalue weighted by Gasteiger charge is -2.27. The van der Waals surface area contributed by atoms with Crippen LogP contribution in [0.25, 0.3) is 0 Å². The molecule has 0 saturated carbocycles. The lowest BCUT2D eigenvalue weighted by atomic mass is 10.0. The zero-order valence-corrected chi connectivity index (χ0v) is 14.5. The molecule has 1 amide bonds. The van der Waals surface area contributed by atoms with Crippen LogP contribution in [0.3, 0.4) is 0 Å². The Bertz CT molecular complexity index is 511. The van der Waals surface area contributed by atoms with Crippen molar-refractivity contribution in [2.75, 3.05) is 43.0 Å². The fourth-order valence-electron chi connectivity index (χ4n) is 3.29. The third-order valence-electron chi connectivity index (χ3n) is 4.73. The molecular formula is C18H27N3OS. The van der Waals surface area contributed by atoms with Gasteiger partial charge in [-0.15, -0.1) is 0 Å². The molecule has 0 bridgehead atoms. The van der Waals surface area contributed by atoms with E-state index in [9.17, 15) is 4.79 Å². The van der Waals surface area contributed by atoms with E-state index in [0.29, 0.717) is 12.3 Å². The number of hydrogen-bond donors (Lipinski definition) is 2. The van der Waals surface area contributed by atoms with Crippen molar-refractivity contribution in [1.29, 1.82) is 0 Å². The summed E-state index contributed by atoms with van der Waals surface area (Å²) >= 11 is 2.03. The van der Waals surface area contributed by atoms with Crippen LogP contribution >= 0.6 is 11.8 Å². The van der Waals surface area contributed by atoms with Gasteiger partial charge >= 0.3 is 0 Å². The van der Waals surface area contributed by atoms with Crippen LogP contribution in [-0.2, 0) is 11.3 Å². The van der Waals surface area contributed by atoms with Gasteiger partial charge in [0.2, 0.25) is 5.91 Å². The fourth-order valence-corrected chi connectivity index (χ4v) is 4.27. The summed E-state index contributed by atoms with van der Waals surface area (Å²) in [6.07, 6.45) is 2.82. The lowest BCUT2D eigenvalue weighted by Crippen LogP contribution is -2.32. The average molecular weight is 334 g/mol. The van der Waals surface area contributed by atoms with E-state index in [2.05, 4.69) is 27.7 Å². The summed E-state index contributed by atoms with van der Waals surface area (Å²) in [6, 6.07) is 8.24. The summed E-state index contributed by atoms with van der Waals surface area (Å²) in [5.74, 6) is 3.24. The van der Waals surface area contributed by atoms with Crippen LogP contribution in [0.15, 0.2) is 24.3 Å². The smallest absolute Gasteiger partial charge is 0.224 e. The lowest BCUT2D eigenvalue weighted by molar-refractivity contribution is -0.116. The van der Waals surface area contributed by atoms with Crippen LogP contribution in [0.4, 0.5) is 5.69 Å². The molecule has 2 aliphatic rings. The van der Waals surface area contributed by atoms with Crippen molar-refractivity contribution < 1.29 is 4.79 Å². The molecule has 0 spiro atoms. The Morgan fingerprint density at radius 1 is 1.30 bits per heavy atom. The van der Waals surface area contributed by atoms with E-state index in [1.165, 1.54) is 23.5 Å². The molecule has 2 saturated heterocycles. The maximum Gasteiger partial charge on any atom is 0.224 e. The van der Waals surface area contributed by atoms with E-state index in [1.807, 2.05) is 23.9 Å². The van der Waals surface area contributed by atoms with Gasteiger partial charge in [-0.1, -0.05) is 18.2 Å². The molecule has 1 atom stereocenters. The highest BCUT2D eigenvalue weighted by molar-refractivity contribution is 7.99. The Hall–Kier alpha value is -1.04. The van der Waals surface area contributed by atoms with Gasteiger partial charge in [-0.2, -0.15) is 11.8 Å². The maximum atomic E-state index is 12.3. The number of nitrogens with one attached hydrogen (secondary N) is 2. The maximum absolute atomic E-state index is 12.3. The summed E-state index contributed by atoms with van der Waals surface area (Å²) in [4.78, 5) is 14.7. The fraction of sp³-hybridized carbons (Fsp3) is 0.611. The van der Waals surface area contributed by atoms with Gasteiger partial charge < -0.3 is 10.6 Å². The Morgan fingerprint density at radius 2 is 2.13 bits per heavy atom. The number of anilines is 1. The van der Waals surface area contributed by atoms with E-state index in [4.69, 9.17) is 0 Å². The molecule has 126 valence electrons. The largest absolute Gasteiger partial charge is 0.326 e. The quantitative estimate of drug-likeness (QED) is 0.840. The third kappa shape index (κ3) is 5.23. The Kier molecular flexibility index (Phi) is 6.37. The highest BCUT2D eigenvalue weighted by Gasteiger charge is 2.17. The number of amides is 1. The predicted octanol–water partition coefficient (Wildman–Crippen LogP) is 2.56. The number of para-hydroxylation sites is 1. The molecule has 1 aromatic carbocycles. The molecule has 2 fully saturated rings. The van der Waals surface area contributed by atoms with Crippen LogP contribution in [0.2, 0.25) is 0 Å². The monoisotopic (exact) mass is 333 g/mol. The first-order chi connectivity index (χ1) is 11.3. The molecule has 0 radical (unpaired) electrons.